The maximum Gasteiger partial charge on any atom is 0.573 e. The van der Waals surface area contributed by atoms with E-state index in [1.54, 1.807) is 12.1 Å². The lowest BCUT2D eigenvalue weighted by molar-refractivity contribution is -0.274. The summed E-state index contributed by atoms with van der Waals surface area (Å²) in [4.78, 5) is 0. The fourth-order valence-corrected chi connectivity index (χ4v) is 1.84. The standard InChI is InChI=1S/C14H12F3NO/c1-9-4-2-3-5-11(9)12-8-10(6-7-13(12)18)19-14(15,16)17/h2-8H,18H2,1H3. The van der Waals surface area contributed by atoms with Gasteiger partial charge in [-0.3, -0.25) is 0 Å². The predicted molar refractivity (Wildman–Crippen MR) is 67.7 cm³/mol. The molecule has 2 aromatic carbocycles. The number of ether oxygens (including phenoxy) is 1. The van der Waals surface area contributed by atoms with Gasteiger partial charge in [0.25, 0.3) is 0 Å². The summed E-state index contributed by atoms with van der Waals surface area (Å²) in [6, 6.07) is 11.2. The van der Waals surface area contributed by atoms with Crippen LogP contribution in [-0.4, -0.2) is 6.36 Å². The van der Waals surface area contributed by atoms with Crippen LogP contribution in [0.4, 0.5) is 18.9 Å². The minimum atomic E-state index is -4.71. The topological polar surface area (TPSA) is 35.2 Å². The zero-order valence-electron chi connectivity index (χ0n) is 10.2. The first-order valence-corrected chi connectivity index (χ1v) is 5.58. The van der Waals surface area contributed by atoms with Crippen molar-refractivity contribution in [3.63, 3.8) is 0 Å². The first kappa shape index (κ1) is 13.3. The van der Waals surface area contributed by atoms with E-state index in [0.29, 0.717) is 11.3 Å². The highest BCUT2D eigenvalue weighted by atomic mass is 19.4. The third kappa shape index (κ3) is 3.19. The molecule has 2 N–H and O–H groups in total. The van der Waals surface area contributed by atoms with Crippen LogP contribution >= 0.6 is 0 Å². The van der Waals surface area contributed by atoms with Crippen LogP contribution in [0, 0.1) is 6.92 Å². The summed E-state index contributed by atoms with van der Waals surface area (Å²) >= 11 is 0. The van der Waals surface area contributed by atoms with E-state index in [1.165, 1.54) is 18.2 Å². The summed E-state index contributed by atoms with van der Waals surface area (Å²) in [7, 11) is 0. The third-order valence-corrected chi connectivity index (χ3v) is 2.69. The van der Waals surface area contributed by atoms with E-state index in [1.807, 2.05) is 19.1 Å². The van der Waals surface area contributed by atoms with Crippen LogP contribution in [0.1, 0.15) is 5.56 Å². The number of benzene rings is 2. The highest BCUT2D eigenvalue weighted by Gasteiger charge is 2.31. The molecule has 2 aromatic rings. The SMILES string of the molecule is Cc1ccccc1-c1cc(OC(F)(F)F)ccc1N. The van der Waals surface area contributed by atoms with E-state index in [4.69, 9.17) is 5.73 Å². The van der Waals surface area contributed by atoms with Crippen molar-refractivity contribution in [2.75, 3.05) is 5.73 Å². The lowest BCUT2D eigenvalue weighted by Crippen LogP contribution is -2.17. The lowest BCUT2D eigenvalue weighted by Gasteiger charge is -2.13. The van der Waals surface area contributed by atoms with E-state index in [2.05, 4.69) is 4.74 Å². The molecule has 100 valence electrons. The van der Waals surface area contributed by atoms with Gasteiger partial charge in [-0.05, 0) is 36.2 Å². The quantitative estimate of drug-likeness (QED) is 0.830. The minimum absolute atomic E-state index is 0.278. The second-order valence-electron chi connectivity index (χ2n) is 4.11. The molecule has 0 heterocycles. The van der Waals surface area contributed by atoms with E-state index in [9.17, 15) is 13.2 Å². The summed E-state index contributed by atoms with van der Waals surface area (Å²) < 4.78 is 40.5. The number of nitrogen functional groups attached to an aromatic ring is 1. The third-order valence-electron chi connectivity index (χ3n) is 2.69. The summed E-state index contributed by atoms with van der Waals surface area (Å²) in [6.45, 7) is 1.87. The maximum atomic E-state index is 12.2. The van der Waals surface area contributed by atoms with Crippen molar-refractivity contribution < 1.29 is 17.9 Å². The Morgan fingerprint density at radius 3 is 2.32 bits per heavy atom. The van der Waals surface area contributed by atoms with Crippen LogP contribution in [0.25, 0.3) is 11.1 Å². The molecule has 0 bridgehead atoms. The molecule has 0 aliphatic carbocycles. The molecule has 0 unspecified atom stereocenters. The fraction of sp³-hybridized carbons (Fsp3) is 0.143. The molecule has 2 nitrogen and oxygen atoms in total. The largest absolute Gasteiger partial charge is 0.573 e. The van der Waals surface area contributed by atoms with Gasteiger partial charge in [-0.2, -0.15) is 0 Å². The number of hydrogen-bond acceptors (Lipinski definition) is 2. The van der Waals surface area contributed by atoms with Gasteiger partial charge in [0.05, 0.1) is 0 Å². The van der Waals surface area contributed by atoms with Crippen LogP contribution in [0.2, 0.25) is 0 Å². The average molecular weight is 267 g/mol. The zero-order valence-corrected chi connectivity index (χ0v) is 10.2. The molecular formula is C14H12F3NO. The Bertz CT molecular complexity index is 593. The number of anilines is 1. The van der Waals surface area contributed by atoms with E-state index in [0.717, 1.165) is 11.1 Å². The summed E-state index contributed by atoms with van der Waals surface area (Å²) in [5.74, 6) is -0.278. The molecule has 2 rings (SSSR count). The maximum absolute atomic E-state index is 12.2. The first-order chi connectivity index (χ1) is 8.87. The summed E-state index contributed by atoms with van der Waals surface area (Å²) in [5.41, 5.74) is 8.47. The number of aryl methyl sites for hydroxylation is 1. The van der Waals surface area contributed by atoms with E-state index in [-0.39, 0.29) is 5.75 Å². The number of nitrogens with two attached hydrogens (primary N) is 1. The second kappa shape index (κ2) is 4.84. The van der Waals surface area contributed by atoms with Gasteiger partial charge >= 0.3 is 6.36 Å². The van der Waals surface area contributed by atoms with Crippen molar-refractivity contribution in [1.29, 1.82) is 0 Å². The molecule has 0 saturated heterocycles. The van der Waals surface area contributed by atoms with Crippen LogP contribution in [0.15, 0.2) is 42.5 Å². The number of rotatable bonds is 2. The normalized spacial score (nSPS) is 11.4. The van der Waals surface area contributed by atoms with Gasteiger partial charge in [-0.25, -0.2) is 0 Å². The van der Waals surface area contributed by atoms with Crippen molar-refractivity contribution >= 4 is 5.69 Å². The molecule has 19 heavy (non-hydrogen) atoms. The summed E-state index contributed by atoms with van der Waals surface area (Å²) in [5, 5.41) is 0. The van der Waals surface area contributed by atoms with Crippen LogP contribution < -0.4 is 10.5 Å². The average Bonchev–Trinajstić information content (AvgIpc) is 2.31. The van der Waals surface area contributed by atoms with Gasteiger partial charge in [0.1, 0.15) is 5.75 Å². The van der Waals surface area contributed by atoms with Gasteiger partial charge in [-0.15, -0.1) is 13.2 Å². The van der Waals surface area contributed by atoms with Crippen molar-refractivity contribution in [1.82, 2.24) is 0 Å². The van der Waals surface area contributed by atoms with Crippen molar-refractivity contribution in [3.8, 4) is 16.9 Å². The number of alkyl halides is 3. The van der Waals surface area contributed by atoms with Gasteiger partial charge in [0.15, 0.2) is 0 Å². The molecule has 0 saturated carbocycles. The molecule has 0 aliphatic heterocycles. The minimum Gasteiger partial charge on any atom is -0.406 e. The van der Waals surface area contributed by atoms with Crippen molar-refractivity contribution in [2.45, 2.75) is 13.3 Å². The molecule has 0 aliphatic rings. The zero-order chi connectivity index (χ0) is 14.0. The van der Waals surface area contributed by atoms with Crippen LogP contribution in [-0.2, 0) is 0 Å². The first-order valence-electron chi connectivity index (χ1n) is 5.58. The fourth-order valence-electron chi connectivity index (χ4n) is 1.84. The van der Waals surface area contributed by atoms with Gasteiger partial charge in [-0.1, -0.05) is 24.3 Å². The van der Waals surface area contributed by atoms with Gasteiger partial charge in [0, 0.05) is 11.3 Å². The van der Waals surface area contributed by atoms with Crippen molar-refractivity contribution in [3.05, 3.63) is 48.0 Å². The van der Waals surface area contributed by atoms with Gasteiger partial charge in [0.2, 0.25) is 0 Å². The Labute approximate surface area is 108 Å². The smallest absolute Gasteiger partial charge is 0.406 e. The highest BCUT2D eigenvalue weighted by molar-refractivity contribution is 5.79. The Morgan fingerprint density at radius 2 is 1.68 bits per heavy atom. The Morgan fingerprint density at radius 1 is 1.00 bits per heavy atom. The predicted octanol–water partition coefficient (Wildman–Crippen LogP) is 4.14. The molecule has 0 fully saturated rings. The van der Waals surface area contributed by atoms with Crippen LogP contribution in [0.5, 0.6) is 5.75 Å². The molecule has 0 atom stereocenters. The molecule has 0 aromatic heterocycles. The molecular weight excluding hydrogens is 255 g/mol. The molecule has 5 heteroatoms. The lowest BCUT2D eigenvalue weighted by atomic mass is 9.99. The Hall–Kier alpha value is -2.17. The van der Waals surface area contributed by atoms with E-state index < -0.39 is 6.36 Å². The summed E-state index contributed by atoms with van der Waals surface area (Å²) in [6.07, 6.45) is -4.71. The second-order valence-corrected chi connectivity index (χ2v) is 4.11. The van der Waals surface area contributed by atoms with Crippen LogP contribution in [0.3, 0.4) is 0 Å². The molecule has 0 radical (unpaired) electrons. The van der Waals surface area contributed by atoms with E-state index >= 15 is 0 Å². The highest BCUT2D eigenvalue weighted by Crippen LogP contribution is 2.33. The molecule has 0 spiro atoms. The molecule has 0 amide bonds. The number of hydrogen-bond donors (Lipinski definition) is 1. The van der Waals surface area contributed by atoms with Gasteiger partial charge < -0.3 is 10.5 Å². The number of halogens is 3. The van der Waals surface area contributed by atoms with Crippen molar-refractivity contribution in [2.24, 2.45) is 0 Å². The Balaban J connectivity index is 2.46. The monoisotopic (exact) mass is 267 g/mol. The Kier molecular flexibility index (Phi) is 3.38.